The van der Waals surface area contributed by atoms with Gasteiger partial charge in [0.15, 0.2) is 0 Å². The number of benzene rings is 1. The summed E-state index contributed by atoms with van der Waals surface area (Å²) in [5.74, 6) is -1.09. The summed E-state index contributed by atoms with van der Waals surface area (Å²) in [5, 5.41) is 2.00. The van der Waals surface area contributed by atoms with Crippen molar-refractivity contribution in [3.8, 4) is 0 Å². The lowest BCUT2D eigenvalue weighted by atomic mass is 10.2. The van der Waals surface area contributed by atoms with Gasteiger partial charge < -0.3 is 5.43 Å². The normalized spacial score (nSPS) is 17.7. The Balaban J connectivity index is 2.02. The van der Waals surface area contributed by atoms with Crippen LogP contribution in [0.4, 0.5) is 14.5 Å². The van der Waals surface area contributed by atoms with Crippen LogP contribution in [0.2, 0.25) is 0 Å². The number of halogens is 2. The molecule has 1 N–H and O–H groups in total. The molecule has 2 rings (SSSR count). The van der Waals surface area contributed by atoms with Crippen LogP contribution in [0.5, 0.6) is 0 Å². The molecule has 1 aromatic carbocycles. The molecule has 0 saturated carbocycles. The Morgan fingerprint density at radius 3 is 2.13 bits per heavy atom. The van der Waals surface area contributed by atoms with E-state index in [4.69, 9.17) is 0 Å². The van der Waals surface area contributed by atoms with Crippen LogP contribution in [-0.2, 0) is 0 Å². The van der Waals surface area contributed by atoms with Gasteiger partial charge in [0.25, 0.3) is 0 Å². The Morgan fingerprint density at radius 1 is 0.933 bits per heavy atom. The van der Waals surface area contributed by atoms with Gasteiger partial charge in [-0.3, -0.25) is 0 Å². The van der Waals surface area contributed by atoms with Gasteiger partial charge in [-0.1, -0.05) is 6.42 Å². The van der Waals surface area contributed by atoms with Gasteiger partial charge in [-0.25, -0.2) is 13.8 Å². The van der Waals surface area contributed by atoms with E-state index in [9.17, 15) is 8.78 Å². The number of hydrogen-bond acceptors (Lipinski definition) is 2. The summed E-state index contributed by atoms with van der Waals surface area (Å²) < 4.78 is 25.8. The quantitative estimate of drug-likeness (QED) is 0.810. The Morgan fingerprint density at radius 2 is 1.53 bits per heavy atom. The van der Waals surface area contributed by atoms with Crippen LogP contribution < -0.4 is 5.43 Å². The monoisotopic (exact) mass is 212 g/mol. The molecule has 0 spiro atoms. The molecule has 0 radical (unpaired) electrons. The van der Waals surface area contributed by atoms with E-state index in [1.165, 1.54) is 18.6 Å². The van der Waals surface area contributed by atoms with Crippen LogP contribution in [-0.4, -0.2) is 18.1 Å². The van der Waals surface area contributed by atoms with E-state index in [1.54, 1.807) is 0 Å². The minimum Gasteiger partial charge on any atom is -0.319 e. The second-order valence-corrected chi connectivity index (χ2v) is 3.82. The maximum Gasteiger partial charge on any atom is 0.128 e. The third-order valence-corrected chi connectivity index (χ3v) is 2.51. The highest BCUT2D eigenvalue weighted by atomic mass is 19.1. The number of piperidine rings is 1. The minimum absolute atomic E-state index is 0.481. The highest BCUT2D eigenvalue weighted by Crippen LogP contribution is 2.16. The molecule has 1 aliphatic rings. The average Bonchev–Trinajstić information content (AvgIpc) is 2.17. The number of nitrogens with zero attached hydrogens (tertiary/aromatic N) is 1. The van der Waals surface area contributed by atoms with Crippen LogP contribution in [0.3, 0.4) is 0 Å². The SMILES string of the molecule is Fc1cc(F)cc(NN2CCCCC2)c1. The molecule has 2 nitrogen and oxygen atoms in total. The van der Waals surface area contributed by atoms with Gasteiger partial charge in [0.2, 0.25) is 0 Å². The fourth-order valence-corrected chi connectivity index (χ4v) is 1.81. The van der Waals surface area contributed by atoms with Crippen LogP contribution in [0.15, 0.2) is 18.2 Å². The van der Waals surface area contributed by atoms with Gasteiger partial charge >= 0.3 is 0 Å². The molecular weight excluding hydrogens is 198 g/mol. The molecule has 0 amide bonds. The zero-order valence-corrected chi connectivity index (χ0v) is 8.47. The highest BCUT2D eigenvalue weighted by molar-refractivity contribution is 5.42. The van der Waals surface area contributed by atoms with Gasteiger partial charge in [-0.2, -0.15) is 0 Å². The van der Waals surface area contributed by atoms with E-state index in [2.05, 4.69) is 5.43 Å². The van der Waals surface area contributed by atoms with E-state index in [0.29, 0.717) is 5.69 Å². The summed E-state index contributed by atoms with van der Waals surface area (Å²) in [4.78, 5) is 0. The Kier molecular flexibility index (Phi) is 3.16. The first kappa shape index (κ1) is 10.4. The largest absolute Gasteiger partial charge is 0.319 e. The number of hydrazine groups is 1. The van der Waals surface area contributed by atoms with Crippen molar-refractivity contribution in [2.24, 2.45) is 0 Å². The second-order valence-electron chi connectivity index (χ2n) is 3.82. The van der Waals surface area contributed by atoms with Crippen LogP contribution in [0.25, 0.3) is 0 Å². The number of nitrogens with one attached hydrogen (secondary N) is 1. The van der Waals surface area contributed by atoms with Gasteiger partial charge in [0.1, 0.15) is 11.6 Å². The summed E-state index contributed by atoms with van der Waals surface area (Å²) in [7, 11) is 0. The van der Waals surface area contributed by atoms with Crippen LogP contribution >= 0.6 is 0 Å². The molecule has 1 aliphatic heterocycles. The lowest BCUT2D eigenvalue weighted by Crippen LogP contribution is -2.34. The van der Waals surface area contributed by atoms with Gasteiger partial charge in [0.05, 0.1) is 5.69 Å². The summed E-state index contributed by atoms with van der Waals surface area (Å²) in [6, 6.07) is 3.48. The standard InChI is InChI=1S/C11H14F2N2/c12-9-6-10(13)8-11(7-9)14-15-4-2-1-3-5-15/h6-8,14H,1-5H2. The van der Waals surface area contributed by atoms with E-state index in [1.807, 2.05) is 5.01 Å². The van der Waals surface area contributed by atoms with Crippen molar-refractivity contribution in [1.29, 1.82) is 0 Å². The first-order valence-corrected chi connectivity index (χ1v) is 5.22. The topological polar surface area (TPSA) is 15.3 Å². The summed E-state index contributed by atoms with van der Waals surface area (Å²) in [5.41, 5.74) is 3.50. The number of hydrogen-bond donors (Lipinski definition) is 1. The van der Waals surface area contributed by atoms with Crippen LogP contribution in [0, 0.1) is 11.6 Å². The maximum absolute atomic E-state index is 12.9. The highest BCUT2D eigenvalue weighted by Gasteiger charge is 2.10. The maximum atomic E-state index is 12.9. The molecular formula is C11H14F2N2. The predicted molar refractivity (Wildman–Crippen MR) is 55.4 cm³/mol. The van der Waals surface area contributed by atoms with Crippen molar-refractivity contribution < 1.29 is 8.78 Å². The molecule has 15 heavy (non-hydrogen) atoms. The fourth-order valence-electron chi connectivity index (χ4n) is 1.81. The van der Waals surface area contributed by atoms with Crippen molar-refractivity contribution in [3.63, 3.8) is 0 Å². The molecule has 0 aromatic heterocycles. The smallest absolute Gasteiger partial charge is 0.128 e. The van der Waals surface area contributed by atoms with Crippen molar-refractivity contribution >= 4 is 5.69 Å². The molecule has 0 aliphatic carbocycles. The fraction of sp³-hybridized carbons (Fsp3) is 0.455. The zero-order chi connectivity index (χ0) is 10.7. The third kappa shape index (κ3) is 2.89. The van der Waals surface area contributed by atoms with Crippen molar-refractivity contribution in [1.82, 2.24) is 5.01 Å². The lowest BCUT2D eigenvalue weighted by Gasteiger charge is -2.27. The average molecular weight is 212 g/mol. The Labute approximate surface area is 87.9 Å². The summed E-state index contributed by atoms with van der Waals surface area (Å²) in [6.45, 7) is 1.86. The van der Waals surface area contributed by atoms with Gasteiger partial charge in [0, 0.05) is 19.2 Å². The lowest BCUT2D eigenvalue weighted by molar-refractivity contribution is 0.273. The number of anilines is 1. The molecule has 1 saturated heterocycles. The van der Waals surface area contributed by atoms with Crippen LogP contribution in [0.1, 0.15) is 19.3 Å². The first-order chi connectivity index (χ1) is 7.24. The first-order valence-electron chi connectivity index (χ1n) is 5.22. The molecule has 1 heterocycles. The molecule has 82 valence electrons. The molecule has 0 atom stereocenters. The minimum atomic E-state index is -0.547. The molecule has 1 fully saturated rings. The Bertz CT molecular complexity index is 315. The van der Waals surface area contributed by atoms with Crippen molar-refractivity contribution in [2.75, 3.05) is 18.5 Å². The van der Waals surface area contributed by atoms with Crippen molar-refractivity contribution in [3.05, 3.63) is 29.8 Å². The van der Waals surface area contributed by atoms with Crippen molar-refractivity contribution in [2.45, 2.75) is 19.3 Å². The second kappa shape index (κ2) is 4.57. The van der Waals surface area contributed by atoms with E-state index in [-0.39, 0.29) is 0 Å². The molecule has 1 aromatic rings. The molecule has 4 heteroatoms. The number of rotatable bonds is 2. The van der Waals surface area contributed by atoms with E-state index >= 15 is 0 Å². The molecule has 0 unspecified atom stereocenters. The summed E-state index contributed by atoms with van der Waals surface area (Å²) >= 11 is 0. The Hall–Kier alpha value is -1.16. The molecule has 0 bridgehead atoms. The van der Waals surface area contributed by atoms with Gasteiger partial charge in [-0.05, 0) is 25.0 Å². The zero-order valence-electron chi connectivity index (χ0n) is 8.47. The van der Waals surface area contributed by atoms with E-state index < -0.39 is 11.6 Å². The summed E-state index contributed by atoms with van der Waals surface area (Å²) in [6.07, 6.45) is 3.49. The van der Waals surface area contributed by atoms with Gasteiger partial charge in [-0.15, -0.1) is 0 Å². The van der Waals surface area contributed by atoms with E-state index in [0.717, 1.165) is 32.0 Å². The predicted octanol–water partition coefficient (Wildman–Crippen LogP) is 2.78. The third-order valence-electron chi connectivity index (χ3n) is 2.51.